The molecule has 1 fully saturated rings. The first-order valence-corrected chi connectivity index (χ1v) is 5.19. The highest BCUT2D eigenvalue weighted by atomic mass is 16.6. The van der Waals surface area contributed by atoms with Crippen molar-refractivity contribution in [3.8, 4) is 0 Å². The van der Waals surface area contributed by atoms with Gasteiger partial charge in [-0.05, 0) is 27.2 Å². The zero-order valence-corrected chi connectivity index (χ0v) is 9.87. The molecule has 0 spiro atoms. The molecule has 0 aromatic heterocycles. The molecule has 1 aliphatic heterocycles. The SMILES string of the molecule is CONC1CCN(C(=O)OC(C)(C)C)C1. The van der Waals surface area contributed by atoms with Crippen LogP contribution in [0.1, 0.15) is 27.2 Å². The van der Waals surface area contributed by atoms with E-state index >= 15 is 0 Å². The largest absolute Gasteiger partial charge is 0.444 e. The number of hydrogen-bond acceptors (Lipinski definition) is 4. The number of amides is 1. The van der Waals surface area contributed by atoms with Crippen molar-refractivity contribution in [1.82, 2.24) is 10.4 Å². The topological polar surface area (TPSA) is 50.8 Å². The van der Waals surface area contributed by atoms with Crippen LogP contribution in [0.3, 0.4) is 0 Å². The van der Waals surface area contributed by atoms with Gasteiger partial charge in [0.1, 0.15) is 5.60 Å². The minimum absolute atomic E-state index is 0.211. The van der Waals surface area contributed by atoms with E-state index in [1.165, 1.54) is 0 Å². The number of nitrogens with zero attached hydrogens (tertiary/aromatic N) is 1. The van der Waals surface area contributed by atoms with Crippen molar-refractivity contribution in [2.24, 2.45) is 0 Å². The van der Waals surface area contributed by atoms with Crippen molar-refractivity contribution in [3.05, 3.63) is 0 Å². The molecule has 15 heavy (non-hydrogen) atoms. The number of carbonyl (C=O) groups is 1. The summed E-state index contributed by atoms with van der Waals surface area (Å²) in [6.07, 6.45) is 0.649. The van der Waals surface area contributed by atoms with Gasteiger partial charge < -0.3 is 14.5 Å². The molecule has 0 aromatic carbocycles. The second-order valence-electron chi connectivity index (χ2n) is 4.73. The van der Waals surface area contributed by atoms with Gasteiger partial charge in [0.15, 0.2) is 0 Å². The average Bonchev–Trinajstić information content (AvgIpc) is 2.50. The van der Waals surface area contributed by atoms with E-state index in [-0.39, 0.29) is 12.1 Å². The van der Waals surface area contributed by atoms with Crippen LogP contribution in [0.4, 0.5) is 4.79 Å². The van der Waals surface area contributed by atoms with Gasteiger partial charge in [0.25, 0.3) is 0 Å². The first-order valence-electron chi connectivity index (χ1n) is 5.19. The monoisotopic (exact) mass is 216 g/mol. The molecule has 1 aliphatic rings. The fourth-order valence-corrected chi connectivity index (χ4v) is 1.52. The second-order valence-corrected chi connectivity index (χ2v) is 4.73. The van der Waals surface area contributed by atoms with Crippen LogP contribution in [0.15, 0.2) is 0 Å². The Bertz CT molecular complexity index is 225. The van der Waals surface area contributed by atoms with Crippen molar-refractivity contribution in [3.63, 3.8) is 0 Å². The number of hydrogen-bond donors (Lipinski definition) is 1. The molecule has 1 rings (SSSR count). The second kappa shape index (κ2) is 4.81. The molecule has 1 amide bonds. The summed E-state index contributed by atoms with van der Waals surface area (Å²) in [6.45, 7) is 6.96. The van der Waals surface area contributed by atoms with Gasteiger partial charge in [-0.2, -0.15) is 5.48 Å². The van der Waals surface area contributed by atoms with Crippen molar-refractivity contribution in [2.45, 2.75) is 38.8 Å². The Hall–Kier alpha value is -0.810. The van der Waals surface area contributed by atoms with E-state index in [2.05, 4.69) is 5.48 Å². The maximum Gasteiger partial charge on any atom is 0.410 e. The van der Waals surface area contributed by atoms with E-state index < -0.39 is 5.60 Å². The first kappa shape index (κ1) is 12.3. The van der Waals surface area contributed by atoms with E-state index in [9.17, 15) is 4.79 Å². The van der Waals surface area contributed by atoms with Gasteiger partial charge in [-0.25, -0.2) is 4.79 Å². The van der Waals surface area contributed by atoms with E-state index in [1.54, 1.807) is 12.0 Å². The minimum Gasteiger partial charge on any atom is -0.444 e. The van der Waals surface area contributed by atoms with Crippen LogP contribution in [0.25, 0.3) is 0 Å². The molecule has 0 aromatic rings. The summed E-state index contributed by atoms with van der Waals surface area (Å²) < 4.78 is 5.27. The molecule has 0 bridgehead atoms. The molecule has 0 aliphatic carbocycles. The van der Waals surface area contributed by atoms with Crippen LogP contribution in [0.5, 0.6) is 0 Å². The molecule has 1 saturated heterocycles. The van der Waals surface area contributed by atoms with Crippen LogP contribution < -0.4 is 5.48 Å². The lowest BCUT2D eigenvalue weighted by molar-refractivity contribution is 0.0257. The van der Waals surface area contributed by atoms with Gasteiger partial charge in [0.2, 0.25) is 0 Å². The quantitative estimate of drug-likeness (QED) is 0.703. The molecule has 1 unspecified atom stereocenters. The highest BCUT2D eigenvalue weighted by molar-refractivity contribution is 5.68. The summed E-state index contributed by atoms with van der Waals surface area (Å²) in [4.78, 5) is 18.2. The third kappa shape index (κ3) is 4.05. The summed E-state index contributed by atoms with van der Waals surface area (Å²) in [5, 5.41) is 0. The van der Waals surface area contributed by atoms with Crippen LogP contribution in [0, 0.1) is 0 Å². The van der Waals surface area contributed by atoms with Crippen molar-refractivity contribution in [1.29, 1.82) is 0 Å². The lowest BCUT2D eigenvalue weighted by Crippen LogP contribution is -2.38. The van der Waals surface area contributed by atoms with Gasteiger partial charge in [-0.3, -0.25) is 0 Å². The van der Waals surface area contributed by atoms with Gasteiger partial charge in [0, 0.05) is 13.1 Å². The lowest BCUT2D eigenvalue weighted by Gasteiger charge is -2.24. The van der Waals surface area contributed by atoms with Crippen molar-refractivity contribution >= 4 is 6.09 Å². The van der Waals surface area contributed by atoms with Gasteiger partial charge in [-0.15, -0.1) is 0 Å². The fraction of sp³-hybridized carbons (Fsp3) is 0.900. The van der Waals surface area contributed by atoms with Crippen LogP contribution in [-0.4, -0.2) is 42.8 Å². The van der Waals surface area contributed by atoms with Gasteiger partial charge in [0.05, 0.1) is 13.2 Å². The Morgan fingerprint density at radius 3 is 2.67 bits per heavy atom. The molecule has 5 heteroatoms. The summed E-state index contributed by atoms with van der Waals surface area (Å²) in [6, 6.07) is 0.211. The Kier molecular flexibility index (Phi) is 3.93. The zero-order valence-electron chi connectivity index (χ0n) is 9.87. The summed E-state index contributed by atoms with van der Waals surface area (Å²) in [5.41, 5.74) is 2.42. The third-order valence-corrected chi connectivity index (χ3v) is 2.12. The van der Waals surface area contributed by atoms with Crippen molar-refractivity contribution < 1.29 is 14.4 Å². The highest BCUT2D eigenvalue weighted by Gasteiger charge is 2.29. The van der Waals surface area contributed by atoms with Crippen LogP contribution in [-0.2, 0) is 9.57 Å². The molecule has 0 radical (unpaired) electrons. The zero-order chi connectivity index (χ0) is 11.5. The molecule has 1 N–H and O–H groups in total. The highest BCUT2D eigenvalue weighted by Crippen LogP contribution is 2.15. The fourth-order valence-electron chi connectivity index (χ4n) is 1.52. The summed E-state index contributed by atoms with van der Waals surface area (Å²) in [5.74, 6) is 0. The Balaban J connectivity index is 2.37. The van der Waals surface area contributed by atoms with Crippen LogP contribution >= 0.6 is 0 Å². The Morgan fingerprint density at radius 2 is 2.13 bits per heavy atom. The number of carbonyl (C=O) groups excluding carboxylic acids is 1. The lowest BCUT2D eigenvalue weighted by atomic mass is 10.2. The average molecular weight is 216 g/mol. The molecule has 0 saturated carbocycles. The summed E-state index contributed by atoms with van der Waals surface area (Å²) >= 11 is 0. The maximum absolute atomic E-state index is 11.6. The van der Waals surface area contributed by atoms with Gasteiger partial charge >= 0.3 is 6.09 Å². The van der Waals surface area contributed by atoms with Crippen LogP contribution in [0.2, 0.25) is 0 Å². The molecule has 1 atom stereocenters. The molecule has 5 nitrogen and oxygen atoms in total. The summed E-state index contributed by atoms with van der Waals surface area (Å²) in [7, 11) is 1.58. The number of likely N-dealkylation sites (tertiary alicyclic amines) is 1. The minimum atomic E-state index is -0.427. The third-order valence-electron chi connectivity index (χ3n) is 2.12. The molecular formula is C10H20N2O3. The number of hydroxylamine groups is 1. The standard InChI is InChI=1S/C10H20N2O3/c1-10(2,3)15-9(13)12-6-5-8(7-12)11-14-4/h8,11H,5-7H2,1-4H3. The maximum atomic E-state index is 11.6. The van der Waals surface area contributed by atoms with E-state index in [4.69, 9.17) is 9.57 Å². The molecule has 88 valence electrons. The number of nitrogens with one attached hydrogen (secondary N) is 1. The Morgan fingerprint density at radius 1 is 1.47 bits per heavy atom. The normalized spacial score (nSPS) is 21.9. The van der Waals surface area contributed by atoms with E-state index in [0.29, 0.717) is 6.54 Å². The van der Waals surface area contributed by atoms with E-state index in [1.807, 2.05) is 20.8 Å². The smallest absolute Gasteiger partial charge is 0.410 e. The molecular weight excluding hydrogens is 196 g/mol. The molecule has 1 heterocycles. The number of ether oxygens (including phenoxy) is 1. The Labute approximate surface area is 90.7 Å². The van der Waals surface area contributed by atoms with Crippen molar-refractivity contribution in [2.75, 3.05) is 20.2 Å². The first-order chi connectivity index (χ1) is 6.92. The predicted molar refractivity (Wildman–Crippen MR) is 56.4 cm³/mol. The number of rotatable bonds is 2. The predicted octanol–water partition coefficient (Wildman–Crippen LogP) is 1.15. The van der Waals surface area contributed by atoms with E-state index in [0.717, 1.165) is 13.0 Å². The van der Waals surface area contributed by atoms with Gasteiger partial charge in [-0.1, -0.05) is 0 Å².